The van der Waals surface area contributed by atoms with Gasteiger partial charge >= 0.3 is 0 Å². The van der Waals surface area contributed by atoms with Crippen LogP contribution >= 0.6 is 0 Å². The molecule has 0 spiro atoms. The van der Waals surface area contributed by atoms with Crippen LogP contribution in [0.25, 0.3) is 11.1 Å². The third-order valence-corrected chi connectivity index (χ3v) is 4.09. The Morgan fingerprint density at radius 3 is 2.24 bits per heavy atom. The summed E-state index contributed by atoms with van der Waals surface area (Å²) < 4.78 is 5.78. The second-order valence-electron chi connectivity index (χ2n) is 5.67. The normalized spacial score (nSPS) is 16.4. The molecule has 0 atom stereocenters. The lowest BCUT2D eigenvalue weighted by molar-refractivity contribution is 0.0815. The fraction of sp³-hybridized carbons (Fsp3) is 0.222. The van der Waals surface area contributed by atoms with E-state index < -0.39 is 11.6 Å². The first kappa shape index (κ1) is 12.3. The van der Waals surface area contributed by atoms with Crippen LogP contribution in [0.2, 0.25) is 0 Å². The van der Waals surface area contributed by atoms with E-state index in [2.05, 4.69) is 0 Å². The predicted molar refractivity (Wildman–Crippen MR) is 78.8 cm³/mol. The largest absolute Gasteiger partial charge is 0.493 e. The van der Waals surface area contributed by atoms with Crippen molar-refractivity contribution in [2.45, 2.75) is 12.8 Å². The summed E-state index contributed by atoms with van der Waals surface area (Å²) in [5.74, 6) is 0.580. The van der Waals surface area contributed by atoms with Crippen LogP contribution in [0.4, 0.5) is 0 Å². The van der Waals surface area contributed by atoms with Crippen LogP contribution in [0.5, 0.6) is 5.75 Å². The van der Waals surface area contributed by atoms with E-state index in [1.165, 1.54) is 12.8 Å². The van der Waals surface area contributed by atoms with E-state index in [9.17, 15) is 9.59 Å². The molecule has 0 bridgehead atoms. The van der Waals surface area contributed by atoms with Gasteiger partial charge in [0.25, 0.3) is 0 Å². The molecule has 2 aliphatic carbocycles. The average molecular weight is 278 g/mol. The van der Waals surface area contributed by atoms with Gasteiger partial charge in [-0.05, 0) is 48.1 Å². The van der Waals surface area contributed by atoms with Gasteiger partial charge in [-0.3, -0.25) is 9.59 Å². The molecule has 3 nitrogen and oxygen atoms in total. The zero-order valence-corrected chi connectivity index (χ0v) is 11.5. The minimum atomic E-state index is -0.433. The Balaban J connectivity index is 1.79. The predicted octanol–water partition coefficient (Wildman–Crippen LogP) is 3.52. The number of ether oxygens (including phenoxy) is 1. The van der Waals surface area contributed by atoms with Crippen molar-refractivity contribution in [3.05, 3.63) is 53.6 Å². The molecular formula is C18H14O3. The van der Waals surface area contributed by atoms with Gasteiger partial charge < -0.3 is 4.74 Å². The summed E-state index contributed by atoms with van der Waals surface area (Å²) in [6.45, 7) is 0.729. The van der Waals surface area contributed by atoms with Crippen LogP contribution in [0.15, 0.2) is 42.5 Å². The van der Waals surface area contributed by atoms with Gasteiger partial charge in [0.15, 0.2) is 0 Å². The molecule has 0 aliphatic heterocycles. The lowest BCUT2D eigenvalue weighted by Gasteiger charge is -2.18. The summed E-state index contributed by atoms with van der Waals surface area (Å²) >= 11 is 0. The molecule has 4 rings (SSSR count). The molecule has 1 fully saturated rings. The van der Waals surface area contributed by atoms with Crippen LogP contribution in [0, 0.1) is 5.92 Å². The molecular weight excluding hydrogens is 264 g/mol. The summed E-state index contributed by atoms with van der Waals surface area (Å²) in [6, 6.07) is 12.6. The van der Waals surface area contributed by atoms with E-state index in [0.29, 0.717) is 17.0 Å². The van der Waals surface area contributed by atoms with Crippen molar-refractivity contribution in [2.24, 2.45) is 5.92 Å². The van der Waals surface area contributed by atoms with E-state index in [0.717, 1.165) is 23.5 Å². The smallest absolute Gasteiger partial charge is 0.234 e. The van der Waals surface area contributed by atoms with Gasteiger partial charge in [0, 0.05) is 11.1 Å². The van der Waals surface area contributed by atoms with Gasteiger partial charge in [0.2, 0.25) is 11.6 Å². The van der Waals surface area contributed by atoms with Crippen molar-refractivity contribution in [3.63, 3.8) is 0 Å². The SMILES string of the molecule is O=C1C(=O)c2ccc(OCC3CC3)cc2-c2ccccc21. The maximum absolute atomic E-state index is 12.2. The first-order chi connectivity index (χ1) is 10.2. The molecule has 2 aromatic rings. The topological polar surface area (TPSA) is 43.4 Å². The van der Waals surface area contributed by atoms with Crippen molar-refractivity contribution in [1.29, 1.82) is 0 Å². The van der Waals surface area contributed by atoms with Crippen LogP contribution in [-0.4, -0.2) is 18.2 Å². The quantitative estimate of drug-likeness (QED) is 0.807. The number of carbonyl (C=O) groups is 2. The van der Waals surface area contributed by atoms with Gasteiger partial charge in [-0.2, -0.15) is 0 Å². The molecule has 3 heteroatoms. The number of Topliss-reactive ketones (excluding diaryl/α,β-unsaturated/α-hetero) is 2. The van der Waals surface area contributed by atoms with Crippen molar-refractivity contribution >= 4 is 11.6 Å². The van der Waals surface area contributed by atoms with Gasteiger partial charge in [-0.1, -0.05) is 24.3 Å². The second kappa shape index (κ2) is 4.55. The Morgan fingerprint density at radius 1 is 0.857 bits per heavy atom. The van der Waals surface area contributed by atoms with Gasteiger partial charge in [0.05, 0.1) is 6.61 Å². The monoisotopic (exact) mass is 278 g/mol. The number of benzene rings is 2. The minimum absolute atomic E-state index is 0.426. The fourth-order valence-corrected chi connectivity index (χ4v) is 2.69. The second-order valence-corrected chi connectivity index (χ2v) is 5.67. The van der Waals surface area contributed by atoms with Crippen molar-refractivity contribution < 1.29 is 14.3 Å². The molecule has 21 heavy (non-hydrogen) atoms. The van der Waals surface area contributed by atoms with Gasteiger partial charge in [0.1, 0.15) is 5.75 Å². The van der Waals surface area contributed by atoms with E-state index in [1.807, 2.05) is 18.2 Å². The zero-order valence-electron chi connectivity index (χ0n) is 11.5. The number of ketones is 2. The van der Waals surface area contributed by atoms with E-state index in [1.54, 1.807) is 24.3 Å². The van der Waals surface area contributed by atoms with Crippen LogP contribution in [-0.2, 0) is 0 Å². The van der Waals surface area contributed by atoms with Crippen LogP contribution in [0.3, 0.4) is 0 Å². The number of carbonyl (C=O) groups excluding carboxylic acids is 2. The number of hydrogen-bond acceptors (Lipinski definition) is 3. The van der Waals surface area contributed by atoms with Crippen LogP contribution in [0.1, 0.15) is 33.6 Å². The highest BCUT2D eigenvalue weighted by Crippen LogP contribution is 2.36. The highest BCUT2D eigenvalue weighted by atomic mass is 16.5. The Morgan fingerprint density at radius 2 is 1.52 bits per heavy atom. The van der Waals surface area contributed by atoms with Crippen molar-refractivity contribution in [3.8, 4) is 16.9 Å². The summed E-state index contributed by atoms with van der Waals surface area (Å²) in [6.07, 6.45) is 2.47. The molecule has 1 saturated carbocycles. The lowest BCUT2D eigenvalue weighted by atomic mass is 9.84. The number of hydrogen-bond donors (Lipinski definition) is 0. The molecule has 0 saturated heterocycles. The first-order valence-corrected chi connectivity index (χ1v) is 7.19. The molecule has 0 unspecified atom stereocenters. The first-order valence-electron chi connectivity index (χ1n) is 7.19. The van der Waals surface area contributed by atoms with Gasteiger partial charge in [-0.25, -0.2) is 0 Å². The Labute approximate surface area is 122 Å². The molecule has 0 amide bonds. The van der Waals surface area contributed by atoms with E-state index in [4.69, 9.17) is 4.74 Å². The fourth-order valence-electron chi connectivity index (χ4n) is 2.69. The molecule has 0 heterocycles. The summed E-state index contributed by atoms with van der Waals surface area (Å²) in [5, 5.41) is 0. The number of rotatable bonds is 3. The molecule has 2 aliphatic rings. The Kier molecular flexibility index (Phi) is 2.67. The summed E-state index contributed by atoms with van der Waals surface area (Å²) in [5.41, 5.74) is 2.56. The van der Waals surface area contributed by atoms with E-state index >= 15 is 0 Å². The molecule has 0 radical (unpaired) electrons. The van der Waals surface area contributed by atoms with Crippen molar-refractivity contribution in [2.75, 3.05) is 6.61 Å². The maximum Gasteiger partial charge on any atom is 0.234 e. The average Bonchev–Trinajstić information content (AvgIpc) is 3.35. The summed E-state index contributed by atoms with van der Waals surface area (Å²) in [7, 11) is 0. The van der Waals surface area contributed by atoms with Gasteiger partial charge in [-0.15, -0.1) is 0 Å². The maximum atomic E-state index is 12.2. The molecule has 104 valence electrons. The van der Waals surface area contributed by atoms with E-state index in [-0.39, 0.29) is 0 Å². The third kappa shape index (κ3) is 2.05. The lowest BCUT2D eigenvalue weighted by Crippen LogP contribution is -2.21. The highest BCUT2D eigenvalue weighted by molar-refractivity contribution is 6.53. The zero-order chi connectivity index (χ0) is 14.4. The third-order valence-electron chi connectivity index (χ3n) is 4.09. The van der Waals surface area contributed by atoms with Crippen molar-refractivity contribution in [1.82, 2.24) is 0 Å². The minimum Gasteiger partial charge on any atom is -0.493 e. The standard InChI is InChI=1S/C18H14O3/c19-17-14-4-2-1-3-13(14)16-9-12(21-10-11-5-6-11)7-8-15(16)18(17)20/h1-4,7-9,11H,5-6,10H2. The number of fused-ring (bicyclic) bond motifs is 3. The molecule has 0 aromatic heterocycles. The molecule has 2 aromatic carbocycles. The Hall–Kier alpha value is -2.42. The molecule has 0 N–H and O–H groups in total. The Bertz CT molecular complexity index is 757. The summed E-state index contributed by atoms with van der Waals surface area (Å²) in [4.78, 5) is 24.3. The highest BCUT2D eigenvalue weighted by Gasteiger charge is 2.30. The van der Waals surface area contributed by atoms with Crippen LogP contribution < -0.4 is 4.74 Å².